The highest BCUT2D eigenvalue weighted by Crippen LogP contribution is 2.15. The third-order valence-electron chi connectivity index (χ3n) is 5.22. The first-order valence-electron chi connectivity index (χ1n) is 10.8. The van der Waals surface area contributed by atoms with Crippen LogP contribution in [-0.4, -0.2) is 30.4 Å². The van der Waals surface area contributed by atoms with Crippen LogP contribution in [0.1, 0.15) is 30.4 Å². The molecule has 0 bridgehead atoms. The Morgan fingerprint density at radius 3 is 2.60 bits per heavy atom. The first kappa shape index (κ1) is 23.3. The van der Waals surface area contributed by atoms with Gasteiger partial charge < -0.3 is 9.84 Å². The van der Waals surface area contributed by atoms with Gasteiger partial charge in [0.15, 0.2) is 5.69 Å². The van der Waals surface area contributed by atoms with Crippen LogP contribution in [0, 0.1) is 18.3 Å². The van der Waals surface area contributed by atoms with E-state index in [-0.39, 0.29) is 42.7 Å². The molecule has 0 spiro atoms. The normalized spacial score (nSPS) is 10.7. The van der Waals surface area contributed by atoms with E-state index >= 15 is 0 Å². The van der Waals surface area contributed by atoms with E-state index in [1.807, 2.05) is 25.1 Å². The summed E-state index contributed by atoms with van der Waals surface area (Å²) in [4.78, 5) is 42.2. The molecule has 1 N–H and O–H groups in total. The molecule has 35 heavy (non-hydrogen) atoms. The zero-order valence-corrected chi connectivity index (χ0v) is 19.1. The Bertz CT molecular complexity index is 1540. The van der Waals surface area contributed by atoms with Crippen molar-refractivity contribution in [2.45, 2.75) is 33.2 Å². The molecule has 2 heterocycles. The van der Waals surface area contributed by atoms with Gasteiger partial charge in [0.1, 0.15) is 6.07 Å². The van der Waals surface area contributed by atoms with Crippen LogP contribution in [0.4, 0.5) is 5.69 Å². The van der Waals surface area contributed by atoms with Crippen molar-refractivity contribution in [1.29, 1.82) is 5.26 Å². The number of carbonyl (C=O) groups excluding carboxylic acids is 1. The van der Waals surface area contributed by atoms with Gasteiger partial charge in [0.2, 0.25) is 17.6 Å². The predicted molar refractivity (Wildman–Crippen MR) is 126 cm³/mol. The van der Waals surface area contributed by atoms with Crippen LogP contribution in [0.3, 0.4) is 0 Å². The van der Waals surface area contributed by atoms with Crippen molar-refractivity contribution in [3.8, 4) is 23.3 Å². The molecule has 11 heteroatoms. The maximum absolute atomic E-state index is 12.9. The van der Waals surface area contributed by atoms with Crippen molar-refractivity contribution in [2.75, 3.05) is 5.32 Å². The first-order valence-corrected chi connectivity index (χ1v) is 10.8. The molecule has 0 fully saturated rings. The number of carbonyl (C=O) groups is 1. The molecule has 4 aromatic rings. The third-order valence-corrected chi connectivity index (χ3v) is 5.22. The summed E-state index contributed by atoms with van der Waals surface area (Å²) >= 11 is 0. The molecule has 0 aliphatic carbocycles. The summed E-state index contributed by atoms with van der Waals surface area (Å²) in [5.41, 5.74) is 0.893. The number of aryl methyl sites for hydroxylation is 2. The highest BCUT2D eigenvalue weighted by molar-refractivity contribution is 5.92. The van der Waals surface area contributed by atoms with Gasteiger partial charge in [-0.05, 0) is 38.1 Å². The van der Waals surface area contributed by atoms with E-state index in [2.05, 4.69) is 20.6 Å². The maximum atomic E-state index is 12.9. The van der Waals surface area contributed by atoms with Gasteiger partial charge in [0.25, 0.3) is 5.56 Å². The molecule has 0 radical (unpaired) electrons. The van der Waals surface area contributed by atoms with Crippen molar-refractivity contribution < 1.29 is 9.32 Å². The lowest BCUT2D eigenvalue weighted by Gasteiger charge is -2.09. The average molecular weight is 471 g/mol. The molecule has 0 atom stereocenters. The van der Waals surface area contributed by atoms with Gasteiger partial charge in [-0.3, -0.25) is 14.2 Å². The van der Waals surface area contributed by atoms with Crippen molar-refractivity contribution in [2.24, 2.45) is 0 Å². The highest BCUT2D eigenvalue weighted by atomic mass is 16.5. The second-order valence-corrected chi connectivity index (χ2v) is 7.65. The average Bonchev–Trinajstić information content (AvgIpc) is 3.33. The molecule has 176 valence electrons. The van der Waals surface area contributed by atoms with Gasteiger partial charge in [0, 0.05) is 19.4 Å². The van der Waals surface area contributed by atoms with E-state index in [1.54, 1.807) is 43.3 Å². The molecule has 2 aromatic carbocycles. The van der Waals surface area contributed by atoms with Gasteiger partial charge in [-0.25, -0.2) is 4.79 Å². The van der Waals surface area contributed by atoms with Gasteiger partial charge in [-0.2, -0.15) is 20.0 Å². The highest BCUT2D eigenvalue weighted by Gasteiger charge is 2.20. The zero-order chi connectivity index (χ0) is 24.9. The molecule has 1 amide bonds. The fourth-order valence-corrected chi connectivity index (χ4v) is 3.36. The van der Waals surface area contributed by atoms with Gasteiger partial charge in [-0.15, -0.1) is 0 Å². The summed E-state index contributed by atoms with van der Waals surface area (Å²) in [7, 11) is 0. The molecular weight excluding hydrogens is 450 g/mol. The molecule has 0 saturated carbocycles. The standard InChI is InChI=1S/C24H21N7O4/c1-3-30-23(33)21(28-31(24(30)34)17-10-8-15(2)9-11-17)22-27-20(35-29-22)13-12-19(32)26-18-7-5-4-6-16(18)14-25/h4-11H,3,12-13H2,1-2H3,(H,26,32). The first-order chi connectivity index (χ1) is 16.9. The number of nitrogens with one attached hydrogen (secondary N) is 1. The summed E-state index contributed by atoms with van der Waals surface area (Å²) in [6.07, 6.45) is 0.115. The van der Waals surface area contributed by atoms with Crippen LogP contribution in [0.2, 0.25) is 0 Å². The fraction of sp³-hybridized carbons (Fsp3) is 0.208. The fourth-order valence-electron chi connectivity index (χ4n) is 3.36. The van der Waals surface area contributed by atoms with Crippen LogP contribution < -0.4 is 16.6 Å². The Labute approximate surface area is 199 Å². The number of aromatic nitrogens is 5. The Balaban J connectivity index is 1.57. The Hall–Kier alpha value is -4.85. The molecule has 0 unspecified atom stereocenters. The van der Waals surface area contributed by atoms with Crippen LogP contribution in [0.15, 0.2) is 62.6 Å². The number of rotatable bonds is 7. The molecular formula is C24H21N7O4. The minimum absolute atomic E-state index is 0.0108. The molecule has 0 aliphatic rings. The van der Waals surface area contributed by atoms with Gasteiger partial charge in [-0.1, -0.05) is 35.0 Å². The minimum atomic E-state index is -0.640. The number of para-hydroxylation sites is 1. The molecule has 11 nitrogen and oxygen atoms in total. The van der Waals surface area contributed by atoms with Crippen LogP contribution >= 0.6 is 0 Å². The predicted octanol–water partition coefficient (Wildman–Crippen LogP) is 2.22. The number of benzene rings is 2. The largest absolute Gasteiger partial charge is 0.352 e. The van der Waals surface area contributed by atoms with E-state index in [4.69, 9.17) is 9.78 Å². The minimum Gasteiger partial charge on any atom is -0.339 e. The number of anilines is 1. The van der Waals surface area contributed by atoms with E-state index in [0.29, 0.717) is 16.9 Å². The number of hydrogen-bond acceptors (Lipinski definition) is 8. The van der Waals surface area contributed by atoms with Crippen molar-refractivity contribution in [3.63, 3.8) is 0 Å². The molecule has 0 saturated heterocycles. The summed E-state index contributed by atoms with van der Waals surface area (Å²) in [5, 5.41) is 19.9. The zero-order valence-electron chi connectivity index (χ0n) is 19.1. The Kier molecular flexibility index (Phi) is 6.64. The molecule has 4 rings (SSSR count). The quantitative estimate of drug-likeness (QED) is 0.431. The summed E-state index contributed by atoms with van der Waals surface area (Å²) in [6.45, 7) is 3.73. The summed E-state index contributed by atoms with van der Waals surface area (Å²) in [5.74, 6) is -0.295. The lowest BCUT2D eigenvalue weighted by Crippen LogP contribution is -2.41. The number of hydrogen-bond donors (Lipinski definition) is 1. The van der Waals surface area contributed by atoms with Crippen LogP contribution in [0.5, 0.6) is 0 Å². The summed E-state index contributed by atoms with van der Waals surface area (Å²) < 4.78 is 7.38. The Morgan fingerprint density at radius 1 is 1.14 bits per heavy atom. The third kappa shape index (κ3) is 4.91. The van der Waals surface area contributed by atoms with Crippen LogP contribution in [-0.2, 0) is 17.8 Å². The topological polar surface area (TPSA) is 149 Å². The maximum Gasteiger partial charge on any atom is 0.352 e. The lowest BCUT2D eigenvalue weighted by molar-refractivity contribution is -0.116. The second kappa shape index (κ2) is 9.96. The molecule has 0 aliphatic heterocycles. The Morgan fingerprint density at radius 2 is 1.89 bits per heavy atom. The van der Waals surface area contributed by atoms with Gasteiger partial charge >= 0.3 is 5.69 Å². The monoisotopic (exact) mass is 471 g/mol. The molecule has 2 aromatic heterocycles. The van der Waals surface area contributed by atoms with E-state index in [9.17, 15) is 14.4 Å². The van der Waals surface area contributed by atoms with Crippen molar-refractivity contribution in [1.82, 2.24) is 24.5 Å². The van der Waals surface area contributed by atoms with E-state index in [0.717, 1.165) is 14.8 Å². The van der Waals surface area contributed by atoms with Crippen molar-refractivity contribution in [3.05, 3.63) is 86.4 Å². The number of amides is 1. The second-order valence-electron chi connectivity index (χ2n) is 7.65. The van der Waals surface area contributed by atoms with Crippen molar-refractivity contribution >= 4 is 11.6 Å². The van der Waals surface area contributed by atoms with E-state index in [1.165, 1.54) is 0 Å². The lowest BCUT2D eigenvalue weighted by atomic mass is 10.2. The number of nitriles is 1. The van der Waals surface area contributed by atoms with Crippen LogP contribution in [0.25, 0.3) is 17.2 Å². The smallest absolute Gasteiger partial charge is 0.339 e. The van der Waals surface area contributed by atoms with Gasteiger partial charge in [0.05, 0.1) is 16.9 Å². The summed E-state index contributed by atoms with van der Waals surface area (Å²) in [6, 6.07) is 15.8. The van der Waals surface area contributed by atoms with E-state index < -0.39 is 11.2 Å². The number of nitrogens with zero attached hydrogens (tertiary/aromatic N) is 6. The SMILES string of the molecule is CCn1c(=O)c(-c2noc(CCC(=O)Nc3ccccc3C#N)n2)nn(-c2ccc(C)cc2)c1=O.